The summed E-state index contributed by atoms with van der Waals surface area (Å²) in [4.78, 5) is 4.87. The quantitative estimate of drug-likeness (QED) is 0.464. The second-order valence-electron chi connectivity index (χ2n) is 6.54. The fraction of sp³-hybridized carbons (Fsp3) is 0.273. The molecule has 0 saturated heterocycles. The van der Waals surface area contributed by atoms with Gasteiger partial charge in [-0.25, -0.2) is 0 Å². The van der Waals surface area contributed by atoms with Crippen LogP contribution in [0.15, 0.2) is 41.3 Å². The lowest BCUT2D eigenvalue weighted by molar-refractivity contribution is 0.923. The number of rotatable bonds is 5. The molecule has 0 fully saturated rings. The van der Waals surface area contributed by atoms with Crippen molar-refractivity contribution >= 4 is 45.9 Å². The van der Waals surface area contributed by atoms with Crippen LogP contribution >= 0.6 is 23.4 Å². The molecule has 1 aromatic heterocycles. The number of allylic oxidation sites excluding steroid dienone is 1. The van der Waals surface area contributed by atoms with Gasteiger partial charge in [0.1, 0.15) is 0 Å². The Morgan fingerprint density at radius 2 is 2.00 bits per heavy atom. The van der Waals surface area contributed by atoms with Gasteiger partial charge in [0.25, 0.3) is 0 Å². The fourth-order valence-corrected chi connectivity index (χ4v) is 4.05. The van der Waals surface area contributed by atoms with E-state index in [0.717, 1.165) is 29.1 Å². The third-order valence-electron chi connectivity index (χ3n) is 4.49. The van der Waals surface area contributed by atoms with Crippen molar-refractivity contribution in [3.63, 3.8) is 0 Å². The summed E-state index contributed by atoms with van der Waals surface area (Å²) in [6, 6.07) is 13.1. The Kier molecular flexibility index (Phi) is 5.61. The van der Waals surface area contributed by atoms with Gasteiger partial charge in [-0.2, -0.15) is 0 Å². The van der Waals surface area contributed by atoms with Crippen molar-refractivity contribution in [3.05, 3.63) is 63.8 Å². The number of halogens is 1. The van der Waals surface area contributed by atoms with Crippen LogP contribution in [0, 0.1) is 6.92 Å². The van der Waals surface area contributed by atoms with E-state index in [4.69, 9.17) is 11.6 Å². The number of fused-ring (bicyclic) bond motifs is 1. The van der Waals surface area contributed by atoms with Gasteiger partial charge in [0.05, 0.1) is 0 Å². The molecule has 0 aliphatic heterocycles. The Morgan fingerprint density at radius 3 is 2.72 bits per heavy atom. The molecule has 0 saturated carbocycles. The molecule has 130 valence electrons. The molecule has 0 aliphatic rings. The summed E-state index contributed by atoms with van der Waals surface area (Å²) < 4.78 is 0. The van der Waals surface area contributed by atoms with Crippen molar-refractivity contribution < 1.29 is 0 Å². The smallest absolute Gasteiger partial charge is 0.0462 e. The third kappa shape index (κ3) is 3.96. The van der Waals surface area contributed by atoms with E-state index in [0.29, 0.717) is 0 Å². The molecular formula is C22H24ClNS. The molecule has 0 spiro atoms. The first-order valence-corrected chi connectivity index (χ1v) is 10.3. The van der Waals surface area contributed by atoms with Crippen LogP contribution in [-0.2, 0) is 6.42 Å². The largest absolute Gasteiger partial charge is 0.355 e. The van der Waals surface area contributed by atoms with Crippen LogP contribution in [0.25, 0.3) is 22.6 Å². The molecule has 0 radical (unpaired) electrons. The van der Waals surface area contributed by atoms with Gasteiger partial charge in [0.15, 0.2) is 0 Å². The summed E-state index contributed by atoms with van der Waals surface area (Å²) in [5.74, 6) is 0. The molecule has 1 N–H and O–H groups in total. The summed E-state index contributed by atoms with van der Waals surface area (Å²) in [7, 11) is 0. The van der Waals surface area contributed by atoms with Crippen molar-refractivity contribution in [3.8, 4) is 0 Å². The van der Waals surface area contributed by atoms with E-state index in [9.17, 15) is 0 Å². The highest BCUT2D eigenvalue weighted by Gasteiger charge is 2.08. The zero-order valence-electron chi connectivity index (χ0n) is 15.2. The summed E-state index contributed by atoms with van der Waals surface area (Å²) in [6.07, 6.45) is 6.49. The summed E-state index contributed by atoms with van der Waals surface area (Å²) in [6.45, 7) is 6.47. The van der Waals surface area contributed by atoms with Gasteiger partial charge in [-0.15, -0.1) is 11.8 Å². The maximum atomic E-state index is 6.42. The van der Waals surface area contributed by atoms with Crippen LogP contribution in [-0.4, -0.2) is 11.2 Å². The van der Waals surface area contributed by atoms with Crippen LogP contribution < -0.4 is 0 Å². The highest BCUT2D eigenvalue weighted by Crippen LogP contribution is 2.30. The lowest BCUT2D eigenvalue weighted by Crippen LogP contribution is -1.85. The lowest BCUT2D eigenvalue weighted by atomic mass is 10.1. The zero-order valence-corrected chi connectivity index (χ0v) is 16.8. The number of aromatic amines is 1. The van der Waals surface area contributed by atoms with Crippen LogP contribution in [0.4, 0.5) is 0 Å². The highest BCUT2D eigenvalue weighted by molar-refractivity contribution is 7.98. The molecule has 3 rings (SSSR count). The first-order valence-electron chi connectivity index (χ1n) is 8.66. The number of hydrogen-bond donors (Lipinski definition) is 1. The van der Waals surface area contributed by atoms with Gasteiger partial charge in [-0.3, -0.25) is 0 Å². The number of hydrogen-bond acceptors (Lipinski definition) is 1. The van der Waals surface area contributed by atoms with Crippen molar-refractivity contribution in [2.24, 2.45) is 0 Å². The maximum Gasteiger partial charge on any atom is 0.0462 e. The van der Waals surface area contributed by atoms with Crippen LogP contribution in [0.3, 0.4) is 0 Å². The Balaban J connectivity index is 2.01. The number of thioether (sulfide) groups is 1. The summed E-state index contributed by atoms with van der Waals surface area (Å²) in [5, 5.41) is 2.03. The molecule has 2 aromatic carbocycles. The molecule has 0 amide bonds. The van der Waals surface area contributed by atoms with Crippen molar-refractivity contribution in [2.45, 2.75) is 38.5 Å². The monoisotopic (exact) mass is 369 g/mol. The average molecular weight is 370 g/mol. The topological polar surface area (TPSA) is 15.8 Å². The molecule has 25 heavy (non-hydrogen) atoms. The molecule has 3 aromatic rings. The number of H-pyrrole nitrogens is 1. The maximum absolute atomic E-state index is 6.42. The Morgan fingerprint density at radius 1 is 1.20 bits per heavy atom. The minimum Gasteiger partial charge on any atom is -0.355 e. The van der Waals surface area contributed by atoms with Gasteiger partial charge in [0.2, 0.25) is 0 Å². The third-order valence-corrected chi connectivity index (χ3v) is 5.64. The first kappa shape index (κ1) is 18.2. The van der Waals surface area contributed by atoms with Crippen molar-refractivity contribution in [1.82, 2.24) is 4.98 Å². The van der Waals surface area contributed by atoms with Gasteiger partial charge < -0.3 is 4.98 Å². The predicted molar refractivity (Wildman–Crippen MR) is 114 cm³/mol. The fourth-order valence-electron chi connectivity index (χ4n) is 3.12. The normalized spacial score (nSPS) is 12.1. The van der Waals surface area contributed by atoms with Crippen LogP contribution in [0.1, 0.15) is 42.7 Å². The Labute approximate surface area is 159 Å². The van der Waals surface area contributed by atoms with Crippen LogP contribution in [0.2, 0.25) is 5.02 Å². The van der Waals surface area contributed by atoms with Gasteiger partial charge >= 0.3 is 0 Å². The molecule has 3 heteroatoms. The number of aromatic nitrogens is 1. The van der Waals surface area contributed by atoms with E-state index in [-0.39, 0.29) is 0 Å². The summed E-state index contributed by atoms with van der Waals surface area (Å²) >= 11 is 8.21. The van der Waals surface area contributed by atoms with E-state index >= 15 is 0 Å². The minimum atomic E-state index is 0.865. The van der Waals surface area contributed by atoms with Crippen LogP contribution in [0.5, 0.6) is 0 Å². The highest BCUT2D eigenvalue weighted by atomic mass is 35.5. The molecule has 0 bridgehead atoms. The standard InChI is InChI=1S/C22H24ClNS/c1-5-6-16-12-21-18(11-19(16)23)13-20(24-21)15(3)10-17-8-7-14(2)9-22(17)25-4/h7-13,24H,5-6H2,1-4H3/b15-10+. The van der Waals surface area contributed by atoms with Gasteiger partial charge in [-0.1, -0.05) is 37.1 Å². The minimum absolute atomic E-state index is 0.865. The van der Waals surface area contributed by atoms with Crippen molar-refractivity contribution in [2.75, 3.05) is 6.26 Å². The molecular weight excluding hydrogens is 346 g/mol. The predicted octanol–water partition coefficient (Wildman–Crippen LogP) is 7.36. The van der Waals surface area contributed by atoms with Gasteiger partial charge in [-0.05, 0) is 79.1 Å². The molecule has 1 heterocycles. The molecule has 0 atom stereocenters. The average Bonchev–Trinajstić information content (AvgIpc) is 2.99. The van der Waals surface area contributed by atoms with Crippen molar-refractivity contribution in [1.29, 1.82) is 0 Å². The second kappa shape index (κ2) is 7.72. The number of aryl methyl sites for hydroxylation is 2. The molecule has 0 aliphatic carbocycles. The van der Waals surface area contributed by atoms with E-state index in [2.05, 4.69) is 74.5 Å². The SMILES string of the molecule is CCCc1cc2[nH]c(/C(C)=C/c3ccc(C)cc3SC)cc2cc1Cl. The second-order valence-corrected chi connectivity index (χ2v) is 7.79. The number of benzene rings is 2. The molecule has 0 unspecified atom stereocenters. The van der Waals surface area contributed by atoms with E-state index in [1.54, 1.807) is 11.8 Å². The zero-order chi connectivity index (χ0) is 18.0. The Hall–Kier alpha value is -1.64. The summed E-state index contributed by atoms with van der Waals surface area (Å²) in [5.41, 5.74) is 7.30. The first-order chi connectivity index (χ1) is 12.0. The lowest BCUT2D eigenvalue weighted by Gasteiger charge is -2.06. The van der Waals surface area contributed by atoms with Gasteiger partial charge in [0, 0.05) is 26.5 Å². The number of nitrogens with one attached hydrogen (secondary N) is 1. The Bertz CT molecular complexity index is 937. The van der Waals surface area contributed by atoms with E-state index < -0.39 is 0 Å². The van der Waals surface area contributed by atoms with E-state index in [1.165, 1.54) is 32.5 Å². The van der Waals surface area contributed by atoms with E-state index in [1.807, 2.05) is 0 Å². The molecule has 1 nitrogen and oxygen atoms in total.